The van der Waals surface area contributed by atoms with Gasteiger partial charge in [0.05, 0.1) is 5.75 Å². The van der Waals surface area contributed by atoms with Crippen LogP contribution in [-0.4, -0.2) is 31.6 Å². The average Bonchev–Trinajstić information content (AvgIpc) is 2.37. The third-order valence-corrected chi connectivity index (χ3v) is 4.29. The summed E-state index contributed by atoms with van der Waals surface area (Å²) in [5, 5.41) is 2.53. The van der Waals surface area contributed by atoms with Crippen LogP contribution in [0.3, 0.4) is 0 Å². The topological polar surface area (TPSA) is 80.3 Å². The molecule has 0 saturated heterocycles. The summed E-state index contributed by atoms with van der Waals surface area (Å²) < 4.78 is 23.2. The van der Waals surface area contributed by atoms with Gasteiger partial charge in [0.2, 0.25) is 5.91 Å². The quantitative estimate of drug-likeness (QED) is 0.828. The molecule has 0 unspecified atom stereocenters. The Morgan fingerprint density at radius 2 is 1.75 bits per heavy atom. The minimum Gasteiger partial charge on any atom is -0.325 e. The van der Waals surface area contributed by atoms with Crippen molar-refractivity contribution in [2.75, 3.05) is 16.8 Å². The lowest BCUT2D eigenvalue weighted by Gasteiger charge is -2.06. The third-order valence-electron chi connectivity index (χ3n) is 2.76. The maximum Gasteiger partial charge on any atom is 0.239 e. The molecule has 1 aromatic carbocycles. The van der Waals surface area contributed by atoms with E-state index in [9.17, 15) is 18.0 Å². The number of carbonyl (C=O) groups excluding carboxylic acids is 2. The Bertz CT molecular complexity index is 576. The first-order valence-corrected chi connectivity index (χ1v) is 8.23. The first-order valence-electron chi connectivity index (χ1n) is 6.41. The highest BCUT2D eigenvalue weighted by molar-refractivity contribution is 7.92. The fourth-order valence-electron chi connectivity index (χ4n) is 1.59. The van der Waals surface area contributed by atoms with Crippen LogP contribution in [0.5, 0.6) is 0 Å². The van der Waals surface area contributed by atoms with Crippen molar-refractivity contribution in [3.8, 4) is 0 Å². The molecule has 0 spiro atoms. The van der Waals surface area contributed by atoms with E-state index >= 15 is 0 Å². The molecule has 1 N–H and O–H groups in total. The normalized spacial score (nSPS) is 11.1. The van der Waals surface area contributed by atoms with Gasteiger partial charge in [0.1, 0.15) is 11.5 Å². The zero-order chi connectivity index (χ0) is 15.2. The summed E-state index contributed by atoms with van der Waals surface area (Å²) in [5.74, 6) is -1.68. The van der Waals surface area contributed by atoms with Gasteiger partial charge >= 0.3 is 0 Å². The molecule has 0 saturated carbocycles. The largest absolute Gasteiger partial charge is 0.325 e. The number of carbonyl (C=O) groups is 2. The number of nitrogens with one attached hydrogen (secondary N) is 1. The Kier molecular flexibility index (Phi) is 5.88. The van der Waals surface area contributed by atoms with Crippen molar-refractivity contribution in [1.82, 2.24) is 0 Å². The molecular weight excluding hydrogens is 278 g/mol. The number of sulfone groups is 1. The van der Waals surface area contributed by atoms with Crippen molar-refractivity contribution in [3.05, 3.63) is 29.8 Å². The molecule has 0 aliphatic rings. The van der Waals surface area contributed by atoms with Gasteiger partial charge in [0.15, 0.2) is 9.84 Å². The monoisotopic (exact) mass is 297 g/mol. The third kappa shape index (κ3) is 5.97. The minimum absolute atomic E-state index is 0.0548. The molecule has 1 aromatic rings. The van der Waals surface area contributed by atoms with Crippen LogP contribution >= 0.6 is 0 Å². The van der Waals surface area contributed by atoms with Gasteiger partial charge in [0, 0.05) is 12.1 Å². The van der Waals surface area contributed by atoms with Crippen molar-refractivity contribution in [2.24, 2.45) is 0 Å². The molecule has 20 heavy (non-hydrogen) atoms. The van der Waals surface area contributed by atoms with Crippen molar-refractivity contribution >= 4 is 27.2 Å². The summed E-state index contributed by atoms with van der Waals surface area (Å²) in [6, 6.07) is 7.22. The number of amides is 1. The predicted octanol–water partition coefficient (Wildman–Crippen LogP) is 1.58. The highest BCUT2D eigenvalue weighted by Gasteiger charge is 2.17. The first-order chi connectivity index (χ1) is 9.32. The maximum absolute atomic E-state index is 11.7. The summed E-state index contributed by atoms with van der Waals surface area (Å²) in [5.41, 5.74) is 1.70. The maximum atomic E-state index is 11.7. The second kappa shape index (κ2) is 7.19. The number of aryl methyl sites for hydroxylation is 1. The van der Waals surface area contributed by atoms with Crippen LogP contribution in [-0.2, 0) is 25.8 Å². The molecule has 5 nitrogen and oxygen atoms in total. The number of ketones is 1. The van der Waals surface area contributed by atoms with E-state index in [2.05, 4.69) is 5.32 Å². The Morgan fingerprint density at radius 1 is 1.15 bits per heavy atom. The molecule has 0 aromatic heterocycles. The van der Waals surface area contributed by atoms with Gasteiger partial charge in [-0.05, 0) is 31.0 Å². The summed E-state index contributed by atoms with van der Waals surface area (Å²) >= 11 is 0. The Hall–Kier alpha value is -1.69. The van der Waals surface area contributed by atoms with Crippen molar-refractivity contribution in [3.63, 3.8) is 0 Å². The molecule has 1 rings (SSSR count). The summed E-state index contributed by atoms with van der Waals surface area (Å²) in [7, 11) is -3.54. The van der Waals surface area contributed by atoms with Crippen molar-refractivity contribution in [2.45, 2.75) is 26.7 Å². The molecule has 0 heterocycles. The highest BCUT2D eigenvalue weighted by Crippen LogP contribution is 2.10. The molecule has 0 fully saturated rings. The molecule has 1 amide bonds. The van der Waals surface area contributed by atoms with Gasteiger partial charge in [-0.1, -0.05) is 19.1 Å². The number of hydrogen-bond donors (Lipinski definition) is 1. The van der Waals surface area contributed by atoms with E-state index < -0.39 is 21.5 Å². The number of anilines is 1. The van der Waals surface area contributed by atoms with Gasteiger partial charge in [-0.15, -0.1) is 0 Å². The molecule has 0 bridgehead atoms. The van der Waals surface area contributed by atoms with Crippen LogP contribution in [0.25, 0.3) is 0 Å². The lowest BCUT2D eigenvalue weighted by atomic mass is 10.1. The first kappa shape index (κ1) is 16.4. The summed E-state index contributed by atoms with van der Waals surface area (Å²) in [6.07, 6.45) is 0.842. The Morgan fingerprint density at radius 3 is 2.25 bits per heavy atom. The van der Waals surface area contributed by atoms with E-state index in [0.29, 0.717) is 5.69 Å². The Balaban J connectivity index is 2.56. The molecule has 110 valence electrons. The molecular formula is C14H19NO4S. The van der Waals surface area contributed by atoms with Crippen molar-refractivity contribution in [1.29, 1.82) is 0 Å². The molecule has 6 heteroatoms. The fraction of sp³-hybridized carbons (Fsp3) is 0.429. The molecule has 0 aliphatic heterocycles. The average molecular weight is 297 g/mol. The molecule has 0 radical (unpaired) electrons. The lowest BCUT2D eigenvalue weighted by molar-refractivity contribution is -0.117. The zero-order valence-corrected chi connectivity index (χ0v) is 12.5. The van der Waals surface area contributed by atoms with E-state index in [1.54, 1.807) is 12.1 Å². The summed E-state index contributed by atoms with van der Waals surface area (Å²) in [6.45, 7) is 3.35. The van der Waals surface area contributed by atoms with Crippen LogP contribution in [0.1, 0.15) is 25.8 Å². The van der Waals surface area contributed by atoms with Gasteiger partial charge in [0.25, 0.3) is 0 Å². The lowest BCUT2D eigenvalue weighted by Crippen LogP contribution is -2.25. The van der Waals surface area contributed by atoms with E-state index in [-0.39, 0.29) is 18.0 Å². The zero-order valence-electron chi connectivity index (χ0n) is 11.7. The number of benzene rings is 1. The number of Topliss-reactive ketones (excluding diaryl/α,β-unsaturated/α-hetero) is 1. The van der Waals surface area contributed by atoms with Gasteiger partial charge in [-0.25, -0.2) is 8.42 Å². The van der Waals surface area contributed by atoms with E-state index in [1.165, 1.54) is 6.92 Å². The number of rotatable bonds is 7. The van der Waals surface area contributed by atoms with Gasteiger partial charge in [-0.2, -0.15) is 0 Å². The van der Waals surface area contributed by atoms with Crippen LogP contribution in [0, 0.1) is 0 Å². The fourth-order valence-corrected chi connectivity index (χ4v) is 2.81. The SMILES string of the molecule is CCc1ccc(NC(=O)CS(=O)(=O)CCC(C)=O)cc1. The van der Waals surface area contributed by atoms with E-state index in [0.717, 1.165) is 12.0 Å². The van der Waals surface area contributed by atoms with Crippen LogP contribution in [0.2, 0.25) is 0 Å². The highest BCUT2D eigenvalue weighted by atomic mass is 32.2. The second-order valence-corrected chi connectivity index (χ2v) is 6.83. The predicted molar refractivity (Wildman–Crippen MR) is 78.4 cm³/mol. The second-order valence-electron chi connectivity index (χ2n) is 4.64. The smallest absolute Gasteiger partial charge is 0.239 e. The van der Waals surface area contributed by atoms with Crippen LogP contribution < -0.4 is 5.32 Å². The number of hydrogen-bond acceptors (Lipinski definition) is 4. The van der Waals surface area contributed by atoms with Crippen LogP contribution in [0.4, 0.5) is 5.69 Å². The van der Waals surface area contributed by atoms with E-state index in [1.807, 2.05) is 19.1 Å². The van der Waals surface area contributed by atoms with Gasteiger partial charge in [-0.3, -0.25) is 9.59 Å². The van der Waals surface area contributed by atoms with Gasteiger partial charge < -0.3 is 5.32 Å². The molecule has 0 atom stereocenters. The van der Waals surface area contributed by atoms with Crippen molar-refractivity contribution < 1.29 is 18.0 Å². The Labute approximate surface area is 119 Å². The minimum atomic E-state index is -3.54. The summed E-state index contributed by atoms with van der Waals surface area (Å²) in [4.78, 5) is 22.4. The van der Waals surface area contributed by atoms with Crippen LogP contribution in [0.15, 0.2) is 24.3 Å². The molecule has 0 aliphatic carbocycles. The van der Waals surface area contributed by atoms with E-state index in [4.69, 9.17) is 0 Å². The standard InChI is InChI=1S/C14H19NO4S/c1-3-12-4-6-13(7-5-12)15-14(17)10-20(18,19)9-8-11(2)16/h4-7H,3,8-10H2,1-2H3,(H,15,17).